The van der Waals surface area contributed by atoms with Gasteiger partial charge in [-0.15, -0.1) is 0 Å². The second kappa shape index (κ2) is 25.5. The highest BCUT2D eigenvalue weighted by atomic mass is 33.1. The normalized spacial score (nSPS) is 21.0. The topological polar surface area (TPSA) is 388 Å². The van der Waals surface area contributed by atoms with E-state index >= 15 is 0 Å². The van der Waals surface area contributed by atoms with Crippen LogP contribution in [-0.4, -0.2) is 126 Å². The molecule has 6 rings (SSSR count). The molecule has 2 aromatic carbocycles. The van der Waals surface area contributed by atoms with Gasteiger partial charge in [0.25, 0.3) is 15.7 Å². The zero-order valence-electron chi connectivity index (χ0n) is 42.8. The number of likely N-dealkylation sites (N-methyl/N-ethyl adjacent to an activating group) is 1. The number of hydrogen-bond acceptors (Lipinski definition) is 20. The maximum Gasteiger partial charge on any atom is 0.490 e. The average molecular weight is 1240 g/mol. The van der Waals surface area contributed by atoms with Gasteiger partial charge in [-0.05, 0) is 69.2 Å². The van der Waals surface area contributed by atoms with Gasteiger partial charge >= 0.3 is 35.1 Å². The van der Waals surface area contributed by atoms with E-state index in [-0.39, 0.29) is 28.2 Å². The van der Waals surface area contributed by atoms with Crippen molar-refractivity contribution in [2.24, 2.45) is 0 Å². The number of anilines is 1. The van der Waals surface area contributed by atoms with Crippen LogP contribution in [0.4, 0.5) is 11.4 Å². The van der Waals surface area contributed by atoms with Gasteiger partial charge in [-0.2, -0.15) is 21.6 Å². The van der Waals surface area contributed by atoms with Gasteiger partial charge in [0.1, 0.15) is 34.6 Å². The third-order valence-corrected chi connectivity index (χ3v) is 20.6. The molecule has 1 saturated heterocycles. The summed E-state index contributed by atoms with van der Waals surface area (Å²) in [5, 5.41) is 10.4. The van der Waals surface area contributed by atoms with Crippen molar-refractivity contribution in [1.82, 2.24) is 9.55 Å². The molecule has 432 valence electrons. The molecule has 4 heterocycles. The summed E-state index contributed by atoms with van der Waals surface area (Å²) in [6.07, 6.45) is 7.16. The quantitative estimate of drug-likeness (QED) is 0.00905. The van der Waals surface area contributed by atoms with Gasteiger partial charge in [0.15, 0.2) is 12.3 Å². The van der Waals surface area contributed by atoms with Crippen LogP contribution in [0.15, 0.2) is 98.1 Å². The maximum absolute atomic E-state index is 12.6. The number of aliphatic hydroxyl groups excluding tert-OH is 1. The number of phosphoric acid groups is 3. The Morgan fingerprint density at radius 2 is 1.61 bits per heavy atom. The largest absolute Gasteiger partial charge is 0.744 e. The molecule has 0 radical (unpaired) electrons. The fraction of sp³-hybridized carbons (Fsp3) is 0.435. The Morgan fingerprint density at radius 3 is 2.27 bits per heavy atom. The molecular formula is C46H57N4O22P3S4. The van der Waals surface area contributed by atoms with Crippen LogP contribution in [0.3, 0.4) is 0 Å². The number of carbonyl (C=O) groups excluding carboxylic acids is 1. The number of aromatic amines is 1. The highest BCUT2D eigenvalue weighted by Crippen LogP contribution is 2.66. The van der Waals surface area contributed by atoms with Crippen LogP contribution in [0.25, 0.3) is 0 Å². The molecule has 5 atom stereocenters. The Balaban J connectivity index is 0.983. The smallest absolute Gasteiger partial charge is 0.490 e. The lowest BCUT2D eigenvalue weighted by Gasteiger charge is -2.25. The number of phosphoric ester groups is 1. The number of fused-ring (bicyclic) bond motifs is 2. The lowest BCUT2D eigenvalue weighted by molar-refractivity contribution is -0.437. The molecule has 2 unspecified atom stereocenters. The summed E-state index contributed by atoms with van der Waals surface area (Å²) in [4.78, 5) is 77.5. The van der Waals surface area contributed by atoms with Crippen molar-refractivity contribution in [3.8, 4) is 11.8 Å². The van der Waals surface area contributed by atoms with Crippen molar-refractivity contribution >= 4 is 88.3 Å². The molecule has 0 amide bonds. The predicted octanol–water partition coefficient (Wildman–Crippen LogP) is 5.02. The molecule has 1 aromatic heterocycles. The highest BCUT2D eigenvalue weighted by Gasteiger charge is 2.46. The molecule has 79 heavy (non-hydrogen) atoms. The summed E-state index contributed by atoms with van der Waals surface area (Å²) < 4.78 is 130. The van der Waals surface area contributed by atoms with Crippen molar-refractivity contribution in [3.63, 3.8) is 0 Å². The van der Waals surface area contributed by atoms with E-state index in [1.54, 1.807) is 33.7 Å². The Morgan fingerprint density at radius 1 is 0.937 bits per heavy atom. The number of allylic oxidation sites excluding steroid dienone is 6. The molecule has 7 N–H and O–H groups in total. The van der Waals surface area contributed by atoms with Crippen molar-refractivity contribution in [2.75, 3.05) is 42.7 Å². The molecule has 3 aliphatic heterocycles. The van der Waals surface area contributed by atoms with E-state index in [0.29, 0.717) is 43.0 Å². The minimum absolute atomic E-state index is 0.0603. The van der Waals surface area contributed by atoms with E-state index in [2.05, 4.69) is 34.5 Å². The number of ether oxygens (including phenoxy) is 2. The van der Waals surface area contributed by atoms with Gasteiger partial charge in [0.2, 0.25) is 5.69 Å². The van der Waals surface area contributed by atoms with Crippen LogP contribution in [0.5, 0.6) is 0 Å². The van der Waals surface area contributed by atoms with Crippen molar-refractivity contribution < 1.29 is 96.3 Å². The Kier molecular flexibility index (Phi) is 20.6. The van der Waals surface area contributed by atoms with Crippen molar-refractivity contribution in [1.29, 1.82) is 0 Å². The van der Waals surface area contributed by atoms with E-state index in [1.165, 1.54) is 24.3 Å². The molecule has 0 saturated carbocycles. The number of benzene rings is 2. The number of carbonyl (C=O) groups is 1. The maximum atomic E-state index is 12.6. The molecule has 26 nitrogen and oxygen atoms in total. The Hall–Kier alpha value is -4.31. The van der Waals surface area contributed by atoms with E-state index in [9.17, 15) is 68.9 Å². The molecular weight excluding hydrogens is 1180 g/mol. The molecule has 0 spiro atoms. The fourth-order valence-electron chi connectivity index (χ4n) is 8.85. The zero-order chi connectivity index (χ0) is 58.5. The number of esters is 1. The minimum atomic E-state index is -5.81. The average Bonchev–Trinajstić information content (AvgIpc) is 4.12. The van der Waals surface area contributed by atoms with E-state index in [0.717, 1.165) is 39.1 Å². The number of H-pyrrole nitrogens is 1. The van der Waals surface area contributed by atoms with Gasteiger partial charge in [0.05, 0.1) is 27.9 Å². The lowest BCUT2D eigenvalue weighted by atomic mass is 9.81. The first kappa shape index (κ1) is 63.9. The lowest BCUT2D eigenvalue weighted by Crippen LogP contribution is -2.33. The predicted molar refractivity (Wildman–Crippen MR) is 288 cm³/mol. The van der Waals surface area contributed by atoms with Crippen LogP contribution >= 0.6 is 45.1 Å². The van der Waals surface area contributed by atoms with Crippen LogP contribution in [0.1, 0.15) is 83.2 Å². The van der Waals surface area contributed by atoms with Crippen LogP contribution in [0, 0.1) is 11.8 Å². The summed E-state index contributed by atoms with van der Waals surface area (Å²) in [5.74, 6) is 5.75. The number of nitrogens with zero attached hydrogens (tertiary/aromatic N) is 3. The number of nitrogens with one attached hydrogen (secondary N) is 1. The third-order valence-electron chi connectivity index (χ3n) is 12.5. The number of hydrogen-bond donors (Lipinski definition) is 7. The molecule has 33 heteroatoms. The van der Waals surface area contributed by atoms with Crippen LogP contribution in [0.2, 0.25) is 0 Å². The monoisotopic (exact) mass is 1240 g/mol. The molecule has 0 bridgehead atoms. The van der Waals surface area contributed by atoms with Gasteiger partial charge < -0.3 is 43.6 Å². The molecule has 3 aliphatic rings. The Bertz CT molecular complexity index is 3540. The van der Waals surface area contributed by atoms with E-state index in [4.69, 9.17) is 19.3 Å². The number of rotatable bonds is 24. The summed E-state index contributed by atoms with van der Waals surface area (Å²) in [5.41, 5.74) is 1.39. The third kappa shape index (κ3) is 16.5. The SMILES string of the molecule is CCN1/C(=C/C=C/C=C/C2=[N+](CCCSSCCCC(=O)OCC#Cc3cn([C@H]4C[C@H](O)[C@@H](COP(=O)(O)OP(=O)(O)OP(=O)(O)O)O4)c(=O)[nH]c3=O)c3ccc(S(=O)(=O)O)cc3C2(C)C)C(C)(C)c2cc(S(=O)(=O)[O-])ccc21. The first-order chi connectivity index (χ1) is 36.6. The standard InChI is InChI=1S/C46H57N4O22P3S4/c1-6-48-35-19-17-31(78(62,63)64)25-33(35)45(2,3)39(48)14-8-7-9-15-40-46(4,5)34-26-32(79(65,66)67)18-20-36(34)49(40)21-12-24-77-76-23-11-16-42(52)68-22-10-13-30-28-50(44(54)47-43(30)53)41-27-37(51)38(70-41)29-69-74(58,59)72-75(60,61)71-73(55,56)57/h7-9,14-15,17-20,25-26,28,37-38,41,51H,6,11-12,16,21-24,27,29H2,1-5H3,(H6-,47,53,54,55,56,57,58,59,60,61,62,63,64,65,66,67)/t37-,38+,41+/m0/s1. The van der Waals surface area contributed by atoms with Crippen molar-refractivity contribution in [2.45, 2.75) is 99.4 Å². The van der Waals surface area contributed by atoms with Gasteiger partial charge in [-0.1, -0.05) is 65.5 Å². The van der Waals surface area contributed by atoms with E-state index < -0.39 is 103 Å². The summed E-state index contributed by atoms with van der Waals surface area (Å²) in [6.45, 7) is 9.58. The molecule has 0 aliphatic carbocycles. The zero-order valence-corrected chi connectivity index (χ0v) is 48.7. The van der Waals surface area contributed by atoms with Gasteiger partial charge in [-0.25, -0.2) is 26.9 Å². The minimum Gasteiger partial charge on any atom is -0.744 e. The highest BCUT2D eigenvalue weighted by molar-refractivity contribution is 8.76. The fourth-order valence-corrected chi connectivity index (χ4v) is 15.0. The van der Waals surface area contributed by atoms with Crippen LogP contribution in [-0.2, 0) is 72.2 Å². The first-order valence-electron chi connectivity index (χ1n) is 23.7. The van der Waals surface area contributed by atoms with E-state index in [1.807, 2.05) is 70.0 Å². The number of aliphatic hydroxyl groups is 1. The Labute approximate surface area is 461 Å². The summed E-state index contributed by atoms with van der Waals surface area (Å²) >= 11 is 0. The second-order valence-electron chi connectivity index (χ2n) is 18.7. The first-order valence-corrected chi connectivity index (χ1v) is 33.6. The molecule has 3 aromatic rings. The van der Waals surface area contributed by atoms with Gasteiger partial charge in [-0.3, -0.25) is 28.2 Å². The molecule has 1 fully saturated rings. The summed E-state index contributed by atoms with van der Waals surface area (Å²) in [6, 6.07) is 8.93. The van der Waals surface area contributed by atoms with Crippen LogP contribution < -0.4 is 16.1 Å². The number of aromatic nitrogens is 2. The van der Waals surface area contributed by atoms with Gasteiger partial charge in [0, 0.05) is 78.0 Å². The van der Waals surface area contributed by atoms with Crippen molar-refractivity contribution in [3.05, 3.63) is 116 Å². The second-order valence-corrected chi connectivity index (χ2v) is 28.6. The summed E-state index contributed by atoms with van der Waals surface area (Å²) in [7, 11) is -23.0.